The van der Waals surface area contributed by atoms with Crippen LogP contribution in [0, 0.1) is 11.8 Å². The van der Waals surface area contributed by atoms with Crippen molar-refractivity contribution in [3.05, 3.63) is 0 Å². The van der Waals surface area contributed by atoms with Gasteiger partial charge in [-0.1, -0.05) is 6.92 Å². The molecule has 1 fully saturated rings. The number of carbonyl (C=O) groups excluding carboxylic acids is 2. The third-order valence-electron chi connectivity index (χ3n) is 3.41. The van der Waals surface area contributed by atoms with Crippen LogP contribution in [0.15, 0.2) is 0 Å². The molecule has 110 valence electrons. The first-order chi connectivity index (χ1) is 9.11. The number of ether oxygens (including phenoxy) is 3. The Kier molecular flexibility index (Phi) is 6.84. The molecule has 5 nitrogen and oxygen atoms in total. The Labute approximate surface area is 114 Å². The minimum Gasteiger partial charge on any atom is -0.465 e. The van der Waals surface area contributed by atoms with E-state index in [1.165, 1.54) is 0 Å². The topological polar surface area (TPSA) is 61.8 Å². The summed E-state index contributed by atoms with van der Waals surface area (Å²) in [5, 5.41) is 0. The first-order valence-corrected chi connectivity index (χ1v) is 7.06. The lowest BCUT2D eigenvalue weighted by molar-refractivity contribution is -0.168. The molecular weight excluding hydrogens is 248 g/mol. The lowest BCUT2D eigenvalue weighted by Crippen LogP contribution is -2.40. The molecule has 0 radical (unpaired) electrons. The maximum atomic E-state index is 12.0. The van der Waals surface area contributed by atoms with Gasteiger partial charge in [-0.15, -0.1) is 0 Å². The predicted octanol–water partition coefficient (Wildman–Crippen LogP) is 1.93. The molecule has 5 heteroatoms. The predicted molar refractivity (Wildman–Crippen MR) is 69.5 cm³/mol. The molecule has 1 rings (SSSR count). The molecule has 2 atom stereocenters. The van der Waals surface area contributed by atoms with Crippen LogP contribution in [0.4, 0.5) is 0 Å². The van der Waals surface area contributed by atoms with Gasteiger partial charge in [-0.3, -0.25) is 9.59 Å². The number of hydrogen-bond donors (Lipinski definition) is 0. The quantitative estimate of drug-likeness (QED) is 0.546. The zero-order chi connectivity index (χ0) is 14.3. The Hall–Kier alpha value is -1.10. The Bertz CT molecular complexity index is 278. The molecule has 0 aromatic rings. The van der Waals surface area contributed by atoms with E-state index >= 15 is 0 Å². The highest BCUT2D eigenvalue weighted by molar-refractivity contribution is 5.95. The second-order valence-electron chi connectivity index (χ2n) is 4.75. The Morgan fingerprint density at radius 1 is 1.16 bits per heavy atom. The molecule has 1 saturated heterocycles. The van der Waals surface area contributed by atoms with Gasteiger partial charge in [0.05, 0.1) is 19.3 Å². The fourth-order valence-electron chi connectivity index (χ4n) is 2.38. The van der Waals surface area contributed by atoms with Gasteiger partial charge in [0.15, 0.2) is 5.92 Å². The highest BCUT2D eigenvalue weighted by Crippen LogP contribution is 2.27. The van der Waals surface area contributed by atoms with Crippen LogP contribution in [0.3, 0.4) is 0 Å². The highest BCUT2D eigenvalue weighted by atomic mass is 16.6. The molecule has 0 aliphatic carbocycles. The molecule has 0 saturated carbocycles. The molecule has 0 bridgehead atoms. The second kappa shape index (κ2) is 8.15. The fourth-order valence-corrected chi connectivity index (χ4v) is 2.38. The molecule has 0 unspecified atom stereocenters. The average molecular weight is 272 g/mol. The van der Waals surface area contributed by atoms with Gasteiger partial charge in [-0.25, -0.2) is 0 Å². The van der Waals surface area contributed by atoms with Crippen LogP contribution in [-0.4, -0.2) is 37.9 Å². The van der Waals surface area contributed by atoms with Crippen molar-refractivity contribution >= 4 is 11.9 Å². The van der Waals surface area contributed by atoms with Crippen molar-refractivity contribution in [2.24, 2.45) is 11.8 Å². The summed E-state index contributed by atoms with van der Waals surface area (Å²) < 4.78 is 15.6. The lowest BCUT2D eigenvalue weighted by Gasteiger charge is -2.31. The van der Waals surface area contributed by atoms with Crippen molar-refractivity contribution in [3.63, 3.8) is 0 Å². The average Bonchev–Trinajstić information content (AvgIpc) is 2.40. The highest BCUT2D eigenvalue weighted by Gasteiger charge is 2.39. The van der Waals surface area contributed by atoms with Gasteiger partial charge in [-0.05, 0) is 33.1 Å². The summed E-state index contributed by atoms with van der Waals surface area (Å²) >= 11 is 0. The maximum Gasteiger partial charge on any atom is 0.320 e. The van der Waals surface area contributed by atoms with Crippen LogP contribution in [0.1, 0.15) is 40.0 Å². The third-order valence-corrected chi connectivity index (χ3v) is 3.41. The molecule has 0 aromatic carbocycles. The smallest absolute Gasteiger partial charge is 0.320 e. The SMILES string of the molecule is CCOC(=O)C(C(=O)OCC)[C@H](C)[C@H]1CCCCO1. The molecule has 0 amide bonds. The lowest BCUT2D eigenvalue weighted by atomic mass is 9.86. The monoisotopic (exact) mass is 272 g/mol. The minimum absolute atomic E-state index is 0.0763. The van der Waals surface area contributed by atoms with E-state index < -0.39 is 17.9 Å². The molecule has 0 spiro atoms. The standard InChI is InChI=1S/C14H24O5/c1-4-17-13(15)12(14(16)18-5-2)10(3)11-8-6-7-9-19-11/h10-12H,4-9H2,1-3H3/t10-,11-/m1/s1. The summed E-state index contributed by atoms with van der Waals surface area (Å²) in [5.74, 6) is -2.13. The molecular formula is C14H24O5. The van der Waals surface area contributed by atoms with Gasteiger partial charge in [0.1, 0.15) is 0 Å². The van der Waals surface area contributed by atoms with Crippen LogP contribution in [0.2, 0.25) is 0 Å². The van der Waals surface area contributed by atoms with Crippen molar-refractivity contribution < 1.29 is 23.8 Å². The van der Waals surface area contributed by atoms with Gasteiger partial charge in [0, 0.05) is 12.5 Å². The van der Waals surface area contributed by atoms with Gasteiger partial charge in [0.2, 0.25) is 0 Å². The van der Waals surface area contributed by atoms with E-state index in [1.54, 1.807) is 13.8 Å². The molecule has 0 N–H and O–H groups in total. The maximum absolute atomic E-state index is 12.0. The van der Waals surface area contributed by atoms with Crippen molar-refractivity contribution in [1.82, 2.24) is 0 Å². The molecule has 1 aliphatic heterocycles. The van der Waals surface area contributed by atoms with E-state index in [2.05, 4.69) is 0 Å². The summed E-state index contributed by atoms with van der Waals surface area (Å²) in [5.41, 5.74) is 0. The van der Waals surface area contributed by atoms with E-state index in [0.717, 1.165) is 19.3 Å². The molecule has 19 heavy (non-hydrogen) atoms. The van der Waals surface area contributed by atoms with Crippen molar-refractivity contribution in [2.75, 3.05) is 19.8 Å². The van der Waals surface area contributed by atoms with Crippen LogP contribution >= 0.6 is 0 Å². The normalized spacial score (nSPS) is 20.9. The zero-order valence-electron chi connectivity index (χ0n) is 12.0. The summed E-state index contributed by atoms with van der Waals surface area (Å²) in [7, 11) is 0. The molecule has 0 aromatic heterocycles. The number of carbonyl (C=O) groups is 2. The van der Waals surface area contributed by atoms with Crippen molar-refractivity contribution in [2.45, 2.75) is 46.1 Å². The Morgan fingerprint density at radius 2 is 1.74 bits per heavy atom. The van der Waals surface area contributed by atoms with E-state index in [1.807, 2.05) is 6.92 Å². The van der Waals surface area contributed by atoms with Crippen molar-refractivity contribution in [1.29, 1.82) is 0 Å². The minimum atomic E-state index is -0.886. The van der Waals surface area contributed by atoms with Gasteiger partial charge in [0.25, 0.3) is 0 Å². The Morgan fingerprint density at radius 3 is 2.16 bits per heavy atom. The van der Waals surface area contributed by atoms with Crippen LogP contribution in [0.25, 0.3) is 0 Å². The summed E-state index contributed by atoms with van der Waals surface area (Å²) in [6.07, 6.45) is 2.89. The van der Waals surface area contributed by atoms with Crippen molar-refractivity contribution in [3.8, 4) is 0 Å². The summed E-state index contributed by atoms with van der Waals surface area (Å²) in [6, 6.07) is 0. The van der Waals surface area contributed by atoms with E-state index in [9.17, 15) is 9.59 Å². The first-order valence-electron chi connectivity index (χ1n) is 7.06. The number of hydrogen-bond acceptors (Lipinski definition) is 5. The first kappa shape index (κ1) is 16.0. The Balaban J connectivity index is 2.75. The summed E-state index contributed by atoms with van der Waals surface area (Å²) in [4.78, 5) is 23.9. The van der Waals surface area contributed by atoms with E-state index in [-0.39, 0.29) is 25.2 Å². The third kappa shape index (κ3) is 4.49. The fraction of sp³-hybridized carbons (Fsp3) is 0.857. The number of rotatable bonds is 6. The number of esters is 2. The van der Waals surface area contributed by atoms with Crippen LogP contribution < -0.4 is 0 Å². The van der Waals surface area contributed by atoms with Gasteiger partial charge < -0.3 is 14.2 Å². The second-order valence-corrected chi connectivity index (χ2v) is 4.75. The molecule has 1 heterocycles. The zero-order valence-corrected chi connectivity index (χ0v) is 12.0. The van der Waals surface area contributed by atoms with Crippen LogP contribution in [-0.2, 0) is 23.8 Å². The van der Waals surface area contributed by atoms with Gasteiger partial charge in [-0.2, -0.15) is 0 Å². The summed E-state index contributed by atoms with van der Waals surface area (Å²) in [6.45, 7) is 6.51. The van der Waals surface area contributed by atoms with E-state index in [0.29, 0.717) is 6.61 Å². The largest absolute Gasteiger partial charge is 0.465 e. The van der Waals surface area contributed by atoms with Gasteiger partial charge >= 0.3 is 11.9 Å². The van der Waals surface area contributed by atoms with Crippen LogP contribution in [0.5, 0.6) is 0 Å². The molecule has 1 aliphatic rings. The van der Waals surface area contributed by atoms with E-state index in [4.69, 9.17) is 14.2 Å².